The first-order chi connectivity index (χ1) is 13.8. The van der Waals surface area contributed by atoms with Gasteiger partial charge in [0, 0.05) is 13.1 Å². The summed E-state index contributed by atoms with van der Waals surface area (Å²) in [4.78, 5) is 15.1. The third-order valence-corrected chi connectivity index (χ3v) is 5.36. The third-order valence-electron chi connectivity index (χ3n) is 5.36. The zero-order chi connectivity index (χ0) is 19.2. The Labute approximate surface area is 166 Å². The number of benzene rings is 3. The highest BCUT2D eigenvalue weighted by Crippen LogP contribution is 2.28. The first-order valence-corrected chi connectivity index (χ1v) is 9.95. The minimum absolute atomic E-state index is 0.0599. The van der Waals surface area contributed by atoms with E-state index in [4.69, 9.17) is 4.74 Å². The molecule has 0 spiro atoms. The van der Waals surface area contributed by atoms with E-state index in [2.05, 4.69) is 30.3 Å². The van der Waals surface area contributed by atoms with Gasteiger partial charge in [0.15, 0.2) is 0 Å². The van der Waals surface area contributed by atoms with E-state index in [1.54, 1.807) is 0 Å². The van der Waals surface area contributed by atoms with Crippen LogP contribution in [0.2, 0.25) is 0 Å². The Hall–Kier alpha value is -3.07. The van der Waals surface area contributed by atoms with Gasteiger partial charge in [-0.3, -0.25) is 4.79 Å². The fourth-order valence-corrected chi connectivity index (χ4v) is 3.81. The molecular weight excluding hydrogens is 346 g/mol. The van der Waals surface area contributed by atoms with Crippen LogP contribution in [-0.4, -0.2) is 23.9 Å². The van der Waals surface area contributed by atoms with Gasteiger partial charge in [-0.05, 0) is 55.0 Å². The molecule has 0 atom stereocenters. The standard InChI is InChI=1S/C25H25NO2/c27-25(23-13-7-8-14-24(23)28-22-11-5-2-6-12-22)26-17-15-21(16-18-26)19-20-9-3-1-4-10-20/h1-14,21H,15-19H2. The van der Waals surface area contributed by atoms with Crippen molar-refractivity contribution in [3.8, 4) is 11.5 Å². The highest BCUT2D eigenvalue weighted by atomic mass is 16.5. The van der Waals surface area contributed by atoms with Crippen LogP contribution < -0.4 is 4.74 Å². The van der Waals surface area contributed by atoms with E-state index in [0.29, 0.717) is 17.2 Å². The molecule has 28 heavy (non-hydrogen) atoms. The summed E-state index contributed by atoms with van der Waals surface area (Å²) in [7, 11) is 0. The van der Waals surface area contributed by atoms with E-state index in [1.807, 2.05) is 59.5 Å². The van der Waals surface area contributed by atoms with Crippen LogP contribution >= 0.6 is 0 Å². The summed E-state index contributed by atoms with van der Waals surface area (Å²) in [6.07, 6.45) is 3.18. The Kier molecular flexibility index (Phi) is 5.72. The zero-order valence-electron chi connectivity index (χ0n) is 16.0. The molecule has 0 N–H and O–H groups in total. The second-order valence-corrected chi connectivity index (χ2v) is 7.34. The van der Waals surface area contributed by atoms with Gasteiger partial charge in [-0.25, -0.2) is 0 Å². The number of amides is 1. The van der Waals surface area contributed by atoms with Crippen molar-refractivity contribution in [2.75, 3.05) is 13.1 Å². The number of carbonyl (C=O) groups excluding carboxylic acids is 1. The number of likely N-dealkylation sites (tertiary alicyclic amines) is 1. The molecule has 1 fully saturated rings. The van der Waals surface area contributed by atoms with Crippen molar-refractivity contribution in [2.24, 2.45) is 5.92 Å². The van der Waals surface area contributed by atoms with Gasteiger partial charge in [-0.2, -0.15) is 0 Å². The van der Waals surface area contributed by atoms with Crippen molar-refractivity contribution in [1.82, 2.24) is 4.90 Å². The third kappa shape index (κ3) is 4.42. The van der Waals surface area contributed by atoms with E-state index < -0.39 is 0 Å². The highest BCUT2D eigenvalue weighted by Gasteiger charge is 2.25. The SMILES string of the molecule is O=C(c1ccccc1Oc1ccccc1)N1CCC(Cc2ccccc2)CC1. The predicted octanol–water partition coefficient (Wildman–Crippen LogP) is 5.57. The molecule has 1 aliphatic heterocycles. The lowest BCUT2D eigenvalue weighted by Gasteiger charge is -2.32. The lowest BCUT2D eigenvalue weighted by atomic mass is 9.90. The highest BCUT2D eigenvalue weighted by molar-refractivity contribution is 5.97. The molecule has 0 radical (unpaired) electrons. The normalized spacial score (nSPS) is 14.6. The second-order valence-electron chi connectivity index (χ2n) is 7.34. The molecule has 3 heteroatoms. The van der Waals surface area contributed by atoms with Crippen molar-refractivity contribution in [3.05, 3.63) is 96.1 Å². The molecule has 1 amide bonds. The number of rotatable bonds is 5. The molecule has 4 rings (SSSR count). The van der Waals surface area contributed by atoms with Gasteiger partial charge in [-0.1, -0.05) is 60.7 Å². The average Bonchev–Trinajstić information content (AvgIpc) is 2.76. The minimum atomic E-state index is 0.0599. The second kappa shape index (κ2) is 8.75. The van der Waals surface area contributed by atoms with Gasteiger partial charge >= 0.3 is 0 Å². The van der Waals surface area contributed by atoms with Crippen LogP contribution in [0.25, 0.3) is 0 Å². The maximum absolute atomic E-state index is 13.1. The summed E-state index contributed by atoms with van der Waals surface area (Å²) in [5.41, 5.74) is 2.02. The van der Waals surface area contributed by atoms with Crippen LogP contribution in [0.15, 0.2) is 84.9 Å². The van der Waals surface area contributed by atoms with Crippen LogP contribution in [0.5, 0.6) is 11.5 Å². The summed E-state index contributed by atoms with van der Waals surface area (Å²) in [5.74, 6) is 2.06. The average molecular weight is 371 g/mol. The van der Waals surface area contributed by atoms with Crippen LogP contribution in [0.3, 0.4) is 0 Å². The molecule has 3 aromatic rings. The molecular formula is C25H25NO2. The molecule has 1 saturated heterocycles. The smallest absolute Gasteiger partial charge is 0.257 e. The topological polar surface area (TPSA) is 29.5 Å². The van der Waals surface area contributed by atoms with Gasteiger partial charge in [0.2, 0.25) is 0 Å². The molecule has 0 unspecified atom stereocenters. The summed E-state index contributed by atoms with van der Waals surface area (Å²) in [6, 6.07) is 27.7. The van der Waals surface area contributed by atoms with Crippen LogP contribution in [0.1, 0.15) is 28.8 Å². The summed E-state index contributed by atoms with van der Waals surface area (Å²) in [6.45, 7) is 1.60. The number of nitrogens with zero attached hydrogens (tertiary/aromatic N) is 1. The number of piperidine rings is 1. The van der Waals surface area contributed by atoms with Crippen molar-refractivity contribution < 1.29 is 9.53 Å². The van der Waals surface area contributed by atoms with Crippen LogP contribution in [0.4, 0.5) is 0 Å². The van der Waals surface area contributed by atoms with E-state index >= 15 is 0 Å². The maximum Gasteiger partial charge on any atom is 0.257 e. The molecule has 1 heterocycles. The maximum atomic E-state index is 13.1. The van der Waals surface area contributed by atoms with E-state index in [1.165, 1.54) is 5.56 Å². The Morgan fingerprint density at radius 3 is 2.14 bits per heavy atom. The van der Waals surface area contributed by atoms with Gasteiger partial charge < -0.3 is 9.64 Å². The molecule has 1 aliphatic rings. The van der Waals surface area contributed by atoms with E-state index in [-0.39, 0.29) is 5.91 Å². The van der Waals surface area contributed by atoms with Crippen molar-refractivity contribution in [2.45, 2.75) is 19.3 Å². The first kappa shape index (κ1) is 18.3. The van der Waals surface area contributed by atoms with Crippen molar-refractivity contribution in [3.63, 3.8) is 0 Å². The minimum Gasteiger partial charge on any atom is -0.457 e. The Bertz CT molecular complexity index is 900. The molecule has 3 nitrogen and oxygen atoms in total. The molecule has 0 aliphatic carbocycles. The Balaban J connectivity index is 1.40. The van der Waals surface area contributed by atoms with E-state index in [9.17, 15) is 4.79 Å². The van der Waals surface area contributed by atoms with Gasteiger partial charge in [0.05, 0.1) is 5.56 Å². The molecule has 0 aromatic heterocycles. The number of hydrogen-bond acceptors (Lipinski definition) is 2. The summed E-state index contributed by atoms with van der Waals surface area (Å²) >= 11 is 0. The quantitative estimate of drug-likeness (QED) is 0.586. The Morgan fingerprint density at radius 2 is 1.43 bits per heavy atom. The number of ether oxygens (including phenoxy) is 1. The number of para-hydroxylation sites is 2. The number of carbonyl (C=O) groups is 1. The van der Waals surface area contributed by atoms with E-state index in [0.717, 1.165) is 38.1 Å². The first-order valence-electron chi connectivity index (χ1n) is 9.95. The fraction of sp³-hybridized carbons (Fsp3) is 0.240. The van der Waals surface area contributed by atoms with Gasteiger partial charge in [-0.15, -0.1) is 0 Å². The molecule has 3 aromatic carbocycles. The zero-order valence-corrected chi connectivity index (χ0v) is 16.0. The van der Waals surface area contributed by atoms with Gasteiger partial charge in [0.25, 0.3) is 5.91 Å². The van der Waals surface area contributed by atoms with Crippen LogP contribution in [0, 0.1) is 5.92 Å². The molecule has 0 saturated carbocycles. The Morgan fingerprint density at radius 1 is 0.821 bits per heavy atom. The van der Waals surface area contributed by atoms with Crippen molar-refractivity contribution >= 4 is 5.91 Å². The summed E-state index contributed by atoms with van der Waals surface area (Å²) < 4.78 is 5.97. The lowest BCUT2D eigenvalue weighted by molar-refractivity contribution is 0.0688. The van der Waals surface area contributed by atoms with Crippen LogP contribution in [-0.2, 0) is 6.42 Å². The number of hydrogen-bond donors (Lipinski definition) is 0. The van der Waals surface area contributed by atoms with Gasteiger partial charge in [0.1, 0.15) is 11.5 Å². The molecule has 0 bridgehead atoms. The van der Waals surface area contributed by atoms with Crippen molar-refractivity contribution in [1.29, 1.82) is 0 Å². The summed E-state index contributed by atoms with van der Waals surface area (Å²) in [5, 5.41) is 0. The largest absolute Gasteiger partial charge is 0.457 e. The lowest BCUT2D eigenvalue weighted by Crippen LogP contribution is -2.39. The molecule has 142 valence electrons. The predicted molar refractivity (Wildman–Crippen MR) is 112 cm³/mol. The monoisotopic (exact) mass is 371 g/mol. The fourth-order valence-electron chi connectivity index (χ4n) is 3.81.